The van der Waals surface area contributed by atoms with Gasteiger partial charge < -0.3 is 15.7 Å². The number of halogens is 1. The van der Waals surface area contributed by atoms with Crippen molar-refractivity contribution < 1.29 is 9.50 Å². The highest BCUT2D eigenvalue weighted by atomic mass is 19.1. The molecule has 0 unspecified atom stereocenters. The fraction of sp³-hybridized carbons (Fsp3) is 0.500. The molecule has 0 saturated carbocycles. The van der Waals surface area contributed by atoms with E-state index >= 15 is 0 Å². The topological polar surface area (TPSA) is 62.4 Å². The van der Waals surface area contributed by atoms with E-state index in [-0.39, 0.29) is 6.54 Å². The third kappa shape index (κ3) is 2.08. The summed E-state index contributed by atoms with van der Waals surface area (Å²) in [6.45, 7) is 0.926. The lowest BCUT2D eigenvalue weighted by atomic mass is 10.2. The van der Waals surface area contributed by atoms with E-state index in [0.29, 0.717) is 18.9 Å². The molecule has 2 rings (SSSR count). The Balaban J connectivity index is 2.16. The maximum atomic E-state index is 13.1. The molecule has 2 heterocycles. The molecule has 0 aliphatic carbocycles. The molecule has 15 heavy (non-hydrogen) atoms. The summed E-state index contributed by atoms with van der Waals surface area (Å²) in [6, 6.07) is 3.65. The number of hydrogen-bond donors (Lipinski definition) is 2. The summed E-state index contributed by atoms with van der Waals surface area (Å²) < 4.78 is 13.1. The lowest BCUT2D eigenvalue weighted by molar-refractivity contribution is 0.118. The van der Waals surface area contributed by atoms with Gasteiger partial charge in [-0.25, -0.2) is 9.37 Å². The van der Waals surface area contributed by atoms with Crippen molar-refractivity contribution in [3.05, 3.63) is 23.9 Å². The van der Waals surface area contributed by atoms with Gasteiger partial charge in [0, 0.05) is 19.3 Å². The fourth-order valence-electron chi connectivity index (χ4n) is 1.69. The van der Waals surface area contributed by atoms with Crippen molar-refractivity contribution in [2.45, 2.75) is 18.8 Å². The number of nitrogens with two attached hydrogens (primary N) is 1. The molecule has 4 nitrogen and oxygen atoms in total. The van der Waals surface area contributed by atoms with E-state index in [4.69, 9.17) is 5.73 Å². The largest absolute Gasteiger partial charge is 0.388 e. The van der Waals surface area contributed by atoms with Crippen LogP contribution >= 0.6 is 0 Å². The molecule has 1 fully saturated rings. The summed E-state index contributed by atoms with van der Waals surface area (Å²) in [5, 5.41) is 9.29. The first-order chi connectivity index (χ1) is 7.20. The number of aliphatic hydroxyl groups is 1. The number of anilines is 1. The summed E-state index contributed by atoms with van der Waals surface area (Å²) in [5.41, 5.74) is 6.46. The normalized spacial score (nSPS) is 25.9. The second kappa shape index (κ2) is 4.12. The Hall–Kier alpha value is -1.20. The van der Waals surface area contributed by atoms with Crippen LogP contribution in [0.4, 0.5) is 10.2 Å². The SMILES string of the molecule is NCc1ccnc(N2C[C@@H](O)[C@H](F)C2)c1. The smallest absolute Gasteiger partial charge is 0.145 e. The van der Waals surface area contributed by atoms with Crippen LogP contribution in [0.15, 0.2) is 18.3 Å². The predicted molar refractivity (Wildman–Crippen MR) is 55.2 cm³/mol. The van der Waals surface area contributed by atoms with E-state index in [1.54, 1.807) is 11.1 Å². The van der Waals surface area contributed by atoms with Gasteiger partial charge in [0.1, 0.15) is 18.1 Å². The number of nitrogens with zero attached hydrogens (tertiary/aromatic N) is 2. The van der Waals surface area contributed by atoms with Gasteiger partial charge in [-0.15, -0.1) is 0 Å². The molecule has 0 aromatic carbocycles. The van der Waals surface area contributed by atoms with Crippen LogP contribution in [0.5, 0.6) is 0 Å². The predicted octanol–water partition coefficient (Wildman–Crippen LogP) is 0.0593. The quantitative estimate of drug-likeness (QED) is 0.726. The zero-order valence-corrected chi connectivity index (χ0v) is 8.31. The van der Waals surface area contributed by atoms with Gasteiger partial charge in [-0.05, 0) is 17.7 Å². The van der Waals surface area contributed by atoms with Crippen LogP contribution in [0.25, 0.3) is 0 Å². The van der Waals surface area contributed by atoms with Gasteiger partial charge >= 0.3 is 0 Å². The first-order valence-corrected chi connectivity index (χ1v) is 4.93. The van der Waals surface area contributed by atoms with Gasteiger partial charge in [-0.2, -0.15) is 0 Å². The number of pyridine rings is 1. The Bertz CT molecular complexity index is 337. The molecular formula is C10H14FN3O. The third-order valence-electron chi connectivity index (χ3n) is 2.59. The molecule has 1 aromatic rings. The van der Waals surface area contributed by atoms with Crippen molar-refractivity contribution in [3.63, 3.8) is 0 Å². The highest BCUT2D eigenvalue weighted by Gasteiger charge is 2.31. The number of aromatic nitrogens is 1. The van der Waals surface area contributed by atoms with E-state index < -0.39 is 12.3 Å². The van der Waals surface area contributed by atoms with Crippen LogP contribution in [0.2, 0.25) is 0 Å². The Morgan fingerprint density at radius 3 is 3.00 bits per heavy atom. The molecule has 0 bridgehead atoms. The molecule has 5 heteroatoms. The van der Waals surface area contributed by atoms with Crippen molar-refractivity contribution in [2.24, 2.45) is 5.73 Å². The molecule has 3 N–H and O–H groups in total. The second-order valence-electron chi connectivity index (χ2n) is 3.71. The zero-order chi connectivity index (χ0) is 10.8. The molecule has 1 aliphatic rings. The molecule has 1 saturated heterocycles. The minimum Gasteiger partial charge on any atom is -0.388 e. The summed E-state index contributed by atoms with van der Waals surface area (Å²) in [6.07, 6.45) is -0.447. The lowest BCUT2D eigenvalue weighted by Crippen LogP contribution is -2.22. The van der Waals surface area contributed by atoms with Crippen LogP contribution in [0.3, 0.4) is 0 Å². The van der Waals surface area contributed by atoms with E-state index in [0.717, 1.165) is 5.56 Å². The van der Waals surface area contributed by atoms with Crippen LogP contribution in [-0.4, -0.2) is 35.5 Å². The number of aliphatic hydroxyl groups excluding tert-OH is 1. The lowest BCUT2D eigenvalue weighted by Gasteiger charge is -2.16. The van der Waals surface area contributed by atoms with E-state index in [2.05, 4.69) is 4.98 Å². The Morgan fingerprint density at radius 2 is 2.40 bits per heavy atom. The molecule has 1 aliphatic heterocycles. The standard InChI is InChI=1S/C10H14FN3O/c11-8-5-14(6-9(8)15)10-3-7(4-12)1-2-13-10/h1-3,8-9,15H,4-6,12H2/t8-,9-/m1/s1. The molecule has 82 valence electrons. The molecule has 0 radical (unpaired) electrons. The molecule has 1 aromatic heterocycles. The van der Waals surface area contributed by atoms with E-state index in [9.17, 15) is 9.50 Å². The Labute approximate surface area is 87.5 Å². The maximum absolute atomic E-state index is 13.1. The molecule has 0 amide bonds. The minimum absolute atomic E-state index is 0.197. The number of β-amino-alcohol motifs (C(OH)–C–C–N with tert-alkyl or cyclic N) is 1. The van der Waals surface area contributed by atoms with Gasteiger partial charge in [0.25, 0.3) is 0 Å². The maximum Gasteiger partial charge on any atom is 0.145 e. The number of hydrogen-bond acceptors (Lipinski definition) is 4. The molecule has 2 atom stereocenters. The number of alkyl halides is 1. The molecular weight excluding hydrogens is 197 g/mol. The Morgan fingerprint density at radius 1 is 1.60 bits per heavy atom. The van der Waals surface area contributed by atoms with Gasteiger partial charge in [-0.3, -0.25) is 0 Å². The fourth-order valence-corrected chi connectivity index (χ4v) is 1.69. The zero-order valence-electron chi connectivity index (χ0n) is 8.31. The van der Waals surface area contributed by atoms with Crippen LogP contribution in [-0.2, 0) is 6.54 Å². The van der Waals surface area contributed by atoms with Crippen LogP contribution in [0, 0.1) is 0 Å². The average molecular weight is 211 g/mol. The highest BCUT2D eigenvalue weighted by molar-refractivity contribution is 5.42. The van der Waals surface area contributed by atoms with Crippen molar-refractivity contribution >= 4 is 5.82 Å². The summed E-state index contributed by atoms with van der Waals surface area (Å²) in [7, 11) is 0. The van der Waals surface area contributed by atoms with Crippen molar-refractivity contribution in [1.29, 1.82) is 0 Å². The van der Waals surface area contributed by atoms with E-state index in [1.165, 1.54) is 0 Å². The van der Waals surface area contributed by atoms with Crippen molar-refractivity contribution in [1.82, 2.24) is 4.98 Å². The van der Waals surface area contributed by atoms with Crippen LogP contribution in [0.1, 0.15) is 5.56 Å². The summed E-state index contributed by atoms with van der Waals surface area (Å²) >= 11 is 0. The van der Waals surface area contributed by atoms with Gasteiger partial charge in [0.05, 0.1) is 6.54 Å². The highest BCUT2D eigenvalue weighted by Crippen LogP contribution is 2.20. The van der Waals surface area contributed by atoms with Gasteiger partial charge in [-0.1, -0.05) is 0 Å². The van der Waals surface area contributed by atoms with Crippen molar-refractivity contribution in [2.75, 3.05) is 18.0 Å². The Kier molecular flexibility index (Phi) is 2.83. The summed E-state index contributed by atoms with van der Waals surface area (Å²) in [4.78, 5) is 5.86. The van der Waals surface area contributed by atoms with Gasteiger partial charge in [0.2, 0.25) is 0 Å². The van der Waals surface area contributed by atoms with E-state index in [1.807, 2.05) is 12.1 Å². The monoisotopic (exact) mass is 211 g/mol. The second-order valence-corrected chi connectivity index (χ2v) is 3.71. The molecule has 0 spiro atoms. The third-order valence-corrected chi connectivity index (χ3v) is 2.59. The first kappa shape index (κ1) is 10.3. The van der Waals surface area contributed by atoms with Crippen molar-refractivity contribution in [3.8, 4) is 0 Å². The number of rotatable bonds is 2. The minimum atomic E-state index is -1.19. The van der Waals surface area contributed by atoms with Crippen LogP contribution < -0.4 is 10.6 Å². The summed E-state index contributed by atoms with van der Waals surface area (Å²) in [5.74, 6) is 0.678. The first-order valence-electron chi connectivity index (χ1n) is 4.93. The average Bonchev–Trinajstić information content (AvgIpc) is 2.59. The van der Waals surface area contributed by atoms with Gasteiger partial charge in [0.15, 0.2) is 0 Å².